The van der Waals surface area contributed by atoms with Crippen LogP contribution >= 0.6 is 0 Å². The number of likely N-dealkylation sites (N-methyl/N-ethyl adjacent to an activating group) is 2. The second kappa shape index (κ2) is 5.87. The summed E-state index contributed by atoms with van der Waals surface area (Å²) in [5.41, 5.74) is 1.26. The van der Waals surface area contributed by atoms with Gasteiger partial charge in [-0.05, 0) is 32.0 Å². The predicted octanol–water partition coefficient (Wildman–Crippen LogP) is 1.88. The third kappa shape index (κ3) is 3.23. The highest BCUT2D eigenvalue weighted by Gasteiger charge is 2.33. The summed E-state index contributed by atoms with van der Waals surface area (Å²) in [5.74, 6) is -0.829. The molecule has 0 bridgehead atoms. The van der Waals surface area contributed by atoms with Crippen LogP contribution in [0.3, 0.4) is 0 Å². The van der Waals surface area contributed by atoms with E-state index < -0.39 is 11.5 Å². The van der Waals surface area contributed by atoms with E-state index in [0.29, 0.717) is 13.1 Å². The van der Waals surface area contributed by atoms with Gasteiger partial charge in [0.1, 0.15) is 5.54 Å². The fourth-order valence-electron chi connectivity index (χ4n) is 2.14. The molecule has 2 N–H and O–H groups in total. The summed E-state index contributed by atoms with van der Waals surface area (Å²) in [7, 11) is 1.92. The molecule has 18 heavy (non-hydrogen) atoms. The first-order valence-electron chi connectivity index (χ1n) is 6.16. The molecule has 4 heteroatoms. The summed E-state index contributed by atoms with van der Waals surface area (Å²) in [5, 5.41) is 12.4. The topological polar surface area (TPSA) is 52.6 Å². The zero-order valence-electron chi connectivity index (χ0n) is 11.5. The molecule has 0 radical (unpaired) electrons. The van der Waals surface area contributed by atoms with Crippen molar-refractivity contribution in [2.45, 2.75) is 26.3 Å². The van der Waals surface area contributed by atoms with Gasteiger partial charge in [0, 0.05) is 19.3 Å². The number of carbonyl (C=O) groups is 1. The number of para-hydroxylation sites is 1. The number of hydrogen-bond donors (Lipinski definition) is 2. The van der Waals surface area contributed by atoms with E-state index in [1.807, 2.05) is 50.1 Å². The highest BCUT2D eigenvalue weighted by atomic mass is 16.4. The quantitative estimate of drug-likeness (QED) is 0.809. The molecule has 0 aliphatic heterocycles. The third-order valence-corrected chi connectivity index (χ3v) is 3.12. The first-order chi connectivity index (χ1) is 8.40. The number of carboxylic acids is 1. The van der Waals surface area contributed by atoms with Crippen molar-refractivity contribution in [3.63, 3.8) is 0 Å². The molecule has 0 aromatic heterocycles. The molecule has 1 unspecified atom stereocenters. The highest BCUT2D eigenvalue weighted by molar-refractivity contribution is 5.79. The Hall–Kier alpha value is -1.55. The summed E-state index contributed by atoms with van der Waals surface area (Å²) in [4.78, 5) is 13.4. The second-order valence-corrected chi connectivity index (χ2v) is 4.81. The maximum atomic E-state index is 11.4. The first kappa shape index (κ1) is 14.5. The SMILES string of the molecule is CCNC(C)(CN(C)c1ccccc1C)C(=O)O. The Morgan fingerprint density at radius 2 is 2.06 bits per heavy atom. The van der Waals surface area contributed by atoms with E-state index in [1.54, 1.807) is 6.92 Å². The van der Waals surface area contributed by atoms with Gasteiger partial charge in [0.05, 0.1) is 0 Å². The van der Waals surface area contributed by atoms with Crippen LogP contribution in [-0.4, -0.2) is 36.8 Å². The average molecular weight is 250 g/mol. The Balaban J connectivity index is 2.89. The molecule has 4 nitrogen and oxygen atoms in total. The predicted molar refractivity (Wildman–Crippen MR) is 74.2 cm³/mol. The second-order valence-electron chi connectivity index (χ2n) is 4.81. The van der Waals surface area contributed by atoms with Crippen LogP contribution in [0.2, 0.25) is 0 Å². The molecule has 1 aromatic rings. The number of hydrogen-bond acceptors (Lipinski definition) is 3. The molecule has 0 spiro atoms. The minimum absolute atomic E-state index is 0.418. The van der Waals surface area contributed by atoms with Crippen molar-refractivity contribution in [1.82, 2.24) is 5.32 Å². The van der Waals surface area contributed by atoms with Crippen LogP contribution in [-0.2, 0) is 4.79 Å². The van der Waals surface area contributed by atoms with E-state index in [4.69, 9.17) is 0 Å². The zero-order chi connectivity index (χ0) is 13.8. The van der Waals surface area contributed by atoms with Gasteiger partial charge in [-0.2, -0.15) is 0 Å². The van der Waals surface area contributed by atoms with Crippen LogP contribution < -0.4 is 10.2 Å². The molecule has 0 fully saturated rings. The number of aryl methyl sites for hydroxylation is 1. The molecule has 100 valence electrons. The maximum Gasteiger partial charge on any atom is 0.325 e. The van der Waals surface area contributed by atoms with E-state index in [-0.39, 0.29) is 0 Å². The van der Waals surface area contributed by atoms with Crippen molar-refractivity contribution in [3.8, 4) is 0 Å². The Labute approximate surface area is 109 Å². The smallest absolute Gasteiger partial charge is 0.325 e. The van der Waals surface area contributed by atoms with Crippen LogP contribution in [0.4, 0.5) is 5.69 Å². The number of nitrogens with zero attached hydrogens (tertiary/aromatic N) is 1. The average Bonchev–Trinajstić information content (AvgIpc) is 2.29. The maximum absolute atomic E-state index is 11.4. The van der Waals surface area contributed by atoms with E-state index >= 15 is 0 Å². The molecule has 0 amide bonds. The normalized spacial score (nSPS) is 14.0. The summed E-state index contributed by atoms with van der Waals surface area (Å²) in [6.07, 6.45) is 0. The number of carboxylic acid groups (broad SMARTS) is 1. The van der Waals surface area contributed by atoms with Gasteiger partial charge in [0.15, 0.2) is 0 Å². The van der Waals surface area contributed by atoms with Gasteiger partial charge in [0.2, 0.25) is 0 Å². The number of anilines is 1. The lowest BCUT2D eigenvalue weighted by atomic mass is 10.0. The number of rotatable bonds is 6. The molecule has 0 saturated carbocycles. The van der Waals surface area contributed by atoms with Gasteiger partial charge in [-0.25, -0.2) is 0 Å². The van der Waals surface area contributed by atoms with Crippen LogP contribution in [0.1, 0.15) is 19.4 Å². The summed E-state index contributed by atoms with van der Waals surface area (Å²) in [6.45, 7) is 6.70. The lowest BCUT2D eigenvalue weighted by molar-refractivity contribution is -0.143. The Morgan fingerprint density at radius 1 is 1.44 bits per heavy atom. The largest absolute Gasteiger partial charge is 0.480 e. The summed E-state index contributed by atoms with van der Waals surface area (Å²) < 4.78 is 0. The van der Waals surface area contributed by atoms with Crippen LogP contribution in [0.25, 0.3) is 0 Å². The number of benzene rings is 1. The zero-order valence-corrected chi connectivity index (χ0v) is 11.5. The summed E-state index contributed by atoms with van der Waals surface area (Å²) >= 11 is 0. The van der Waals surface area contributed by atoms with E-state index in [0.717, 1.165) is 11.3 Å². The van der Waals surface area contributed by atoms with Crippen LogP contribution in [0.15, 0.2) is 24.3 Å². The molecule has 1 aromatic carbocycles. The molecule has 0 aliphatic rings. The summed E-state index contributed by atoms with van der Waals surface area (Å²) in [6, 6.07) is 7.97. The molecule has 0 aliphatic carbocycles. The fraction of sp³-hybridized carbons (Fsp3) is 0.500. The molecule has 1 atom stereocenters. The minimum atomic E-state index is -0.939. The lowest BCUT2D eigenvalue weighted by Gasteiger charge is -2.32. The Morgan fingerprint density at radius 3 is 2.56 bits per heavy atom. The van der Waals surface area contributed by atoms with Gasteiger partial charge in [-0.15, -0.1) is 0 Å². The van der Waals surface area contributed by atoms with Crippen molar-refractivity contribution in [1.29, 1.82) is 0 Å². The third-order valence-electron chi connectivity index (χ3n) is 3.12. The molecular weight excluding hydrogens is 228 g/mol. The number of aliphatic carboxylic acids is 1. The van der Waals surface area contributed by atoms with E-state index in [9.17, 15) is 9.90 Å². The van der Waals surface area contributed by atoms with Crippen LogP contribution in [0.5, 0.6) is 0 Å². The monoisotopic (exact) mass is 250 g/mol. The Kier molecular flexibility index (Phi) is 4.73. The first-order valence-corrected chi connectivity index (χ1v) is 6.16. The number of nitrogens with one attached hydrogen (secondary N) is 1. The van der Waals surface area contributed by atoms with Crippen molar-refractivity contribution >= 4 is 11.7 Å². The minimum Gasteiger partial charge on any atom is -0.480 e. The van der Waals surface area contributed by atoms with Gasteiger partial charge < -0.3 is 15.3 Å². The molecular formula is C14H22N2O2. The van der Waals surface area contributed by atoms with Gasteiger partial charge in [-0.1, -0.05) is 25.1 Å². The molecule has 1 rings (SSSR count). The van der Waals surface area contributed by atoms with Gasteiger partial charge in [-0.3, -0.25) is 4.79 Å². The van der Waals surface area contributed by atoms with Crippen molar-refractivity contribution in [2.24, 2.45) is 0 Å². The van der Waals surface area contributed by atoms with Gasteiger partial charge >= 0.3 is 5.97 Å². The van der Waals surface area contributed by atoms with E-state index in [2.05, 4.69) is 5.32 Å². The Bertz CT molecular complexity index is 420. The van der Waals surface area contributed by atoms with Gasteiger partial charge in [0.25, 0.3) is 0 Å². The van der Waals surface area contributed by atoms with Crippen LogP contribution in [0, 0.1) is 6.92 Å². The standard InChI is InChI=1S/C14H22N2O2/c1-5-15-14(3,13(17)18)10-16(4)12-9-7-6-8-11(12)2/h6-9,15H,5,10H2,1-4H3,(H,17,18). The fourth-order valence-corrected chi connectivity index (χ4v) is 2.14. The van der Waals surface area contributed by atoms with Crippen molar-refractivity contribution in [3.05, 3.63) is 29.8 Å². The van der Waals surface area contributed by atoms with Crippen molar-refractivity contribution in [2.75, 3.05) is 25.0 Å². The van der Waals surface area contributed by atoms with E-state index in [1.165, 1.54) is 0 Å². The molecule has 0 heterocycles. The van der Waals surface area contributed by atoms with Crippen molar-refractivity contribution < 1.29 is 9.90 Å². The lowest BCUT2D eigenvalue weighted by Crippen LogP contribution is -2.56. The molecule has 0 saturated heterocycles. The highest BCUT2D eigenvalue weighted by Crippen LogP contribution is 2.20.